The van der Waals surface area contributed by atoms with Gasteiger partial charge in [0.15, 0.2) is 11.1 Å². The summed E-state index contributed by atoms with van der Waals surface area (Å²) in [5.41, 5.74) is 0. The summed E-state index contributed by atoms with van der Waals surface area (Å²) in [7, 11) is -2.73. The minimum Gasteiger partial charge on any atom is -0.281 e. The molecule has 0 N–H and O–H groups in total. The lowest BCUT2D eigenvalue weighted by molar-refractivity contribution is 0.185. The molecule has 0 bridgehead atoms. The molecule has 3 nitrogen and oxygen atoms in total. The second kappa shape index (κ2) is 26.0. The van der Waals surface area contributed by atoms with Crippen molar-refractivity contribution in [3.8, 4) is 5.75 Å². The number of hydrogen-bond acceptors (Lipinski definition) is 3. The van der Waals surface area contributed by atoms with E-state index in [0.29, 0.717) is 13.2 Å². The van der Waals surface area contributed by atoms with Gasteiger partial charge in [-0.2, -0.15) is 9.05 Å². The first-order valence-electron chi connectivity index (χ1n) is 17.8. The van der Waals surface area contributed by atoms with Crippen molar-refractivity contribution in [2.24, 2.45) is 0 Å². The summed E-state index contributed by atoms with van der Waals surface area (Å²) in [5.74, 6) is 0.813. The first kappa shape index (κ1) is 36.8. The minimum absolute atomic E-state index is 0.671. The molecular weight excluding hydrogens is 535 g/mol. The molecule has 0 atom stereocenters. The lowest BCUT2D eigenvalue weighted by Gasteiger charge is -2.22. The van der Waals surface area contributed by atoms with E-state index in [1.54, 1.807) is 0 Å². The molecule has 0 unspecified atom stereocenters. The summed E-state index contributed by atoms with van der Waals surface area (Å²) in [6.45, 7) is 5.92. The van der Waals surface area contributed by atoms with Crippen molar-refractivity contribution in [3.05, 3.63) is 60.7 Å². The molecule has 0 aliphatic heterocycles. The van der Waals surface area contributed by atoms with Crippen molar-refractivity contribution >= 4 is 13.2 Å². The van der Waals surface area contributed by atoms with E-state index in [1.165, 1.54) is 128 Å². The largest absolute Gasteiger partial charge is 0.492 e. The Morgan fingerprint density at radius 3 is 1.12 bits per heavy atom. The zero-order valence-corrected chi connectivity index (χ0v) is 28.3. The summed E-state index contributed by atoms with van der Waals surface area (Å²) < 4.78 is 20.0. The monoisotopic (exact) mass is 599 g/mol. The minimum atomic E-state index is -2.73. The van der Waals surface area contributed by atoms with E-state index in [9.17, 15) is 0 Å². The molecule has 238 valence electrons. The van der Waals surface area contributed by atoms with Gasteiger partial charge in [-0.25, -0.2) is 0 Å². The van der Waals surface area contributed by atoms with E-state index in [2.05, 4.69) is 38.1 Å². The van der Waals surface area contributed by atoms with Crippen LogP contribution in [0.2, 0.25) is 0 Å². The van der Waals surface area contributed by atoms with Gasteiger partial charge in [0.2, 0.25) is 0 Å². The van der Waals surface area contributed by atoms with E-state index in [0.717, 1.165) is 23.9 Å². The number of unbranched alkanes of at least 4 members (excludes halogenated alkanes) is 20. The Hall–Kier alpha value is -1.41. The third kappa shape index (κ3) is 17.6. The van der Waals surface area contributed by atoms with Crippen LogP contribution < -0.4 is 9.83 Å². The molecule has 0 aliphatic rings. The second-order valence-corrected chi connectivity index (χ2v) is 14.2. The molecule has 42 heavy (non-hydrogen) atoms. The van der Waals surface area contributed by atoms with Gasteiger partial charge in [-0.15, -0.1) is 0 Å². The Kier molecular flexibility index (Phi) is 22.8. The summed E-state index contributed by atoms with van der Waals surface area (Å²) >= 11 is 0. The predicted molar refractivity (Wildman–Crippen MR) is 185 cm³/mol. The second-order valence-electron chi connectivity index (χ2n) is 12.0. The van der Waals surface area contributed by atoms with Crippen LogP contribution in [0.15, 0.2) is 60.7 Å². The normalized spacial score (nSPS) is 11.7. The zero-order valence-electron chi connectivity index (χ0n) is 27.4. The number of hydrogen-bond donors (Lipinski definition) is 0. The van der Waals surface area contributed by atoms with Crippen LogP contribution in [0, 0.1) is 0 Å². The summed E-state index contributed by atoms with van der Waals surface area (Å²) in [4.78, 5) is 0. The first-order valence-corrected chi connectivity index (χ1v) is 19.3. The van der Waals surface area contributed by atoms with Crippen LogP contribution in [0.3, 0.4) is 0 Å². The van der Waals surface area contributed by atoms with Crippen molar-refractivity contribution in [1.82, 2.24) is 0 Å². The smallest absolute Gasteiger partial charge is 0.281 e. The van der Waals surface area contributed by atoms with Crippen molar-refractivity contribution in [2.45, 2.75) is 155 Å². The maximum atomic E-state index is 6.67. The molecule has 0 saturated heterocycles. The lowest BCUT2D eigenvalue weighted by atomic mass is 10.1. The van der Waals surface area contributed by atoms with Gasteiger partial charge in [-0.1, -0.05) is 179 Å². The van der Waals surface area contributed by atoms with Gasteiger partial charge in [-0.05, 0) is 37.1 Å². The third-order valence-corrected chi connectivity index (χ3v) is 10.5. The maximum Gasteiger partial charge on any atom is 0.492 e. The van der Waals surface area contributed by atoms with Crippen LogP contribution in [0.1, 0.15) is 155 Å². The average molecular weight is 600 g/mol. The molecule has 2 aromatic carbocycles. The molecule has 2 aromatic rings. The average Bonchev–Trinajstić information content (AvgIpc) is 3.03. The molecule has 0 aromatic heterocycles. The van der Waals surface area contributed by atoms with E-state index in [4.69, 9.17) is 13.6 Å². The molecule has 0 fully saturated rings. The van der Waals surface area contributed by atoms with Crippen molar-refractivity contribution < 1.29 is 13.6 Å². The topological polar surface area (TPSA) is 27.7 Å². The molecule has 0 heterocycles. The summed E-state index contributed by atoms with van der Waals surface area (Å²) in [6, 6.07) is 20.5. The van der Waals surface area contributed by atoms with E-state index in [-0.39, 0.29) is 0 Å². The van der Waals surface area contributed by atoms with Crippen LogP contribution in [0.4, 0.5) is 0 Å². The van der Waals surface area contributed by atoms with Crippen LogP contribution in [0.25, 0.3) is 0 Å². The molecule has 0 amide bonds. The lowest BCUT2D eigenvalue weighted by Crippen LogP contribution is -2.22. The molecule has 0 spiro atoms. The maximum absolute atomic E-state index is 6.67. The Morgan fingerprint density at radius 2 is 0.738 bits per heavy atom. The van der Waals surface area contributed by atoms with E-state index in [1.807, 2.05) is 36.4 Å². The quantitative estimate of drug-likeness (QED) is 0.0687. The molecule has 4 heteroatoms. The van der Waals surface area contributed by atoms with Crippen molar-refractivity contribution in [3.63, 3.8) is 0 Å². The fourth-order valence-corrected chi connectivity index (χ4v) is 7.68. The highest BCUT2D eigenvalue weighted by Crippen LogP contribution is 2.60. The number of benzene rings is 2. The predicted octanol–water partition coefficient (Wildman–Crippen LogP) is 12.8. The Morgan fingerprint density at radius 1 is 0.405 bits per heavy atom. The van der Waals surface area contributed by atoms with Gasteiger partial charge < -0.3 is 0 Å². The van der Waals surface area contributed by atoms with Crippen LogP contribution >= 0.6 is 7.94 Å². The number of rotatable bonds is 29. The fourth-order valence-electron chi connectivity index (χ4n) is 5.42. The van der Waals surface area contributed by atoms with Gasteiger partial charge in [0.1, 0.15) is 0 Å². The zero-order chi connectivity index (χ0) is 29.8. The van der Waals surface area contributed by atoms with Gasteiger partial charge in [0.25, 0.3) is 0 Å². The Labute approximate surface area is 261 Å². The third-order valence-electron chi connectivity index (χ3n) is 8.06. The van der Waals surface area contributed by atoms with Crippen LogP contribution in [0.5, 0.6) is 5.75 Å². The highest BCUT2D eigenvalue weighted by molar-refractivity contribution is 7.69. The first-order chi connectivity index (χ1) is 20.8. The molecule has 2 rings (SSSR count). The standard InChI is InChI=1S/C38H64O3P/c1-3-5-7-9-11-13-15-17-19-21-29-35-39-42(38-33-27-24-28-34-38,41-37-31-25-23-26-32-37)40-36-30-22-20-18-16-14-12-10-8-6-4-2/h23-28,31-34H,3-22,29-30,35-36H2,1-2H3/q+1. The molecular formula is C38H64O3P+. The van der Waals surface area contributed by atoms with Gasteiger partial charge in [0.05, 0.1) is 13.2 Å². The van der Waals surface area contributed by atoms with Gasteiger partial charge in [-0.3, -0.25) is 4.52 Å². The van der Waals surface area contributed by atoms with Crippen molar-refractivity contribution in [2.75, 3.05) is 13.2 Å². The van der Waals surface area contributed by atoms with Crippen molar-refractivity contribution in [1.29, 1.82) is 0 Å². The summed E-state index contributed by atoms with van der Waals surface area (Å²) in [6.07, 6.45) is 29.2. The van der Waals surface area contributed by atoms with Crippen LogP contribution in [-0.4, -0.2) is 13.2 Å². The molecule has 0 radical (unpaired) electrons. The van der Waals surface area contributed by atoms with Crippen LogP contribution in [-0.2, 0) is 9.05 Å². The molecule has 0 aliphatic carbocycles. The van der Waals surface area contributed by atoms with Gasteiger partial charge in [0, 0.05) is 0 Å². The van der Waals surface area contributed by atoms with E-state index < -0.39 is 7.94 Å². The van der Waals surface area contributed by atoms with Gasteiger partial charge >= 0.3 is 7.94 Å². The molecule has 0 saturated carbocycles. The number of para-hydroxylation sites is 1. The summed E-state index contributed by atoms with van der Waals surface area (Å²) in [5, 5.41) is 1.03. The van der Waals surface area contributed by atoms with E-state index >= 15 is 0 Å². The SMILES string of the molecule is CCCCCCCCCCCCCO[P+](OCCCCCCCCCCCCC)(Oc1ccccc1)c1ccccc1. The highest BCUT2D eigenvalue weighted by Gasteiger charge is 2.50. The highest BCUT2D eigenvalue weighted by atomic mass is 31.2. The Bertz CT molecular complexity index is 801. The fraction of sp³-hybridized carbons (Fsp3) is 0.684. The Balaban J connectivity index is 1.79.